The van der Waals surface area contributed by atoms with Crippen LogP contribution in [0, 0.1) is 52.8 Å². The van der Waals surface area contributed by atoms with Crippen LogP contribution in [0.5, 0.6) is 0 Å². The summed E-state index contributed by atoms with van der Waals surface area (Å²) >= 11 is 0. The molecule has 0 aromatic carbocycles. The van der Waals surface area contributed by atoms with Crippen LogP contribution >= 0.6 is 0 Å². The fraction of sp³-hybridized carbons (Fsp3) is 0.840. The fourth-order valence-electron chi connectivity index (χ4n) is 6.57. The Bertz CT molecular complexity index is 939. The van der Waals surface area contributed by atoms with Crippen LogP contribution in [0.15, 0.2) is 0 Å². The first-order chi connectivity index (χ1) is 24.7. The minimum Gasteiger partial charge on any atom is -0.103 e. The van der Waals surface area contributed by atoms with E-state index in [-0.39, 0.29) is 5.41 Å². The quantitative estimate of drug-likeness (QED) is 0.0476. The van der Waals surface area contributed by atoms with Crippen LogP contribution in [0.4, 0.5) is 0 Å². The molecule has 0 aliphatic carbocycles. The van der Waals surface area contributed by atoms with Crippen molar-refractivity contribution in [3.63, 3.8) is 0 Å². The molecule has 1 unspecified atom stereocenters. The predicted molar refractivity (Wildman–Crippen MR) is 227 cm³/mol. The van der Waals surface area contributed by atoms with E-state index in [4.69, 9.17) is 0 Å². The van der Waals surface area contributed by atoms with Gasteiger partial charge in [0.1, 0.15) is 0 Å². The Kier molecular flexibility index (Phi) is 40.2. The third kappa shape index (κ3) is 36.0. The second-order valence-electron chi connectivity index (χ2n) is 15.4. The molecule has 0 radical (unpaired) electrons. The van der Waals surface area contributed by atoms with Crippen molar-refractivity contribution < 1.29 is 0 Å². The molecule has 0 heteroatoms. The van der Waals surface area contributed by atoms with Crippen molar-refractivity contribution in [3.8, 4) is 47.4 Å². The van der Waals surface area contributed by atoms with Gasteiger partial charge in [-0.1, -0.05) is 201 Å². The summed E-state index contributed by atoms with van der Waals surface area (Å²) in [6.07, 6.45) is 46.9. The molecule has 0 nitrogen and oxygen atoms in total. The van der Waals surface area contributed by atoms with E-state index in [9.17, 15) is 0 Å². The molecule has 0 amide bonds. The summed E-state index contributed by atoms with van der Waals surface area (Å²) in [6, 6.07) is 0. The minimum absolute atomic E-state index is 0.215. The lowest BCUT2D eigenvalue weighted by atomic mass is 9.79. The SMILES string of the molecule is CCCCCCCCC#CCC(C#CCCCCCCCCCCC)(CC#CCCCCCCCCC)CC#CCCCCCCCCCC. The highest BCUT2D eigenvalue weighted by atomic mass is 14.2. The van der Waals surface area contributed by atoms with Crippen LogP contribution in [0.25, 0.3) is 0 Å². The Morgan fingerprint density at radius 2 is 0.460 bits per heavy atom. The van der Waals surface area contributed by atoms with Gasteiger partial charge < -0.3 is 0 Å². The molecular weight excluding hydrogens is 601 g/mol. The lowest BCUT2D eigenvalue weighted by Crippen LogP contribution is -2.17. The second kappa shape index (κ2) is 41.7. The molecular formula is C50H86. The van der Waals surface area contributed by atoms with Gasteiger partial charge in [-0.15, -0.1) is 41.4 Å². The molecule has 1 atom stereocenters. The Balaban J connectivity index is 5.33. The molecule has 0 aromatic rings. The summed E-state index contributed by atoms with van der Waals surface area (Å²) in [5, 5.41) is 0. The van der Waals surface area contributed by atoms with Gasteiger partial charge in [-0.3, -0.25) is 0 Å². The standard InChI is InChI=1S/C50H86/c1-5-9-13-17-21-25-28-32-36-40-44-48-50(46-42-38-34-30-24-20-16-12-8-4,47-43-39-35-31-27-23-19-15-11-7-3)49-45-41-37-33-29-26-22-18-14-10-6-2/h5-37,40,46-47,49H2,1-4H3. The van der Waals surface area contributed by atoms with E-state index in [0.717, 1.165) is 44.9 Å². The van der Waals surface area contributed by atoms with Crippen molar-refractivity contribution in [1.29, 1.82) is 0 Å². The van der Waals surface area contributed by atoms with Crippen molar-refractivity contribution in [2.45, 2.75) is 265 Å². The maximum atomic E-state index is 3.79. The van der Waals surface area contributed by atoms with E-state index >= 15 is 0 Å². The summed E-state index contributed by atoms with van der Waals surface area (Å²) in [5.41, 5.74) is -0.215. The normalized spacial score (nSPS) is 11.7. The number of rotatable bonds is 33. The largest absolute Gasteiger partial charge is 0.103 e. The molecule has 0 heterocycles. The van der Waals surface area contributed by atoms with Crippen LogP contribution in [-0.4, -0.2) is 0 Å². The van der Waals surface area contributed by atoms with Gasteiger partial charge >= 0.3 is 0 Å². The molecule has 0 bridgehead atoms. The molecule has 0 spiro atoms. The number of unbranched alkanes of at least 4 members (excludes halogenated alkanes) is 30. The highest BCUT2D eigenvalue weighted by Gasteiger charge is 2.25. The Morgan fingerprint density at radius 1 is 0.240 bits per heavy atom. The summed E-state index contributed by atoms with van der Waals surface area (Å²) < 4.78 is 0. The molecule has 0 saturated carbocycles. The predicted octanol–water partition coefficient (Wildman–Crippen LogP) is 16.5. The van der Waals surface area contributed by atoms with Gasteiger partial charge in [0.15, 0.2) is 0 Å². The van der Waals surface area contributed by atoms with Gasteiger partial charge in [0.05, 0.1) is 5.41 Å². The number of hydrogen-bond donors (Lipinski definition) is 0. The third-order valence-corrected chi connectivity index (χ3v) is 10.1. The highest BCUT2D eigenvalue weighted by Crippen LogP contribution is 2.30. The maximum Gasteiger partial charge on any atom is 0.0641 e. The van der Waals surface area contributed by atoms with Gasteiger partial charge in [0.2, 0.25) is 0 Å². The number of hydrogen-bond acceptors (Lipinski definition) is 0. The molecule has 0 N–H and O–H groups in total. The first kappa shape index (κ1) is 48.2. The van der Waals surface area contributed by atoms with Crippen molar-refractivity contribution in [2.75, 3.05) is 0 Å². The van der Waals surface area contributed by atoms with Crippen LogP contribution in [0.2, 0.25) is 0 Å². The lowest BCUT2D eigenvalue weighted by Gasteiger charge is -2.21. The van der Waals surface area contributed by atoms with E-state index in [0.29, 0.717) is 0 Å². The van der Waals surface area contributed by atoms with E-state index in [1.54, 1.807) is 0 Å². The van der Waals surface area contributed by atoms with Crippen LogP contribution in [0.1, 0.15) is 265 Å². The maximum absolute atomic E-state index is 3.79. The summed E-state index contributed by atoms with van der Waals surface area (Å²) in [7, 11) is 0. The van der Waals surface area contributed by atoms with Gasteiger partial charge in [0, 0.05) is 44.9 Å². The molecule has 286 valence electrons. The summed E-state index contributed by atoms with van der Waals surface area (Å²) in [6.45, 7) is 9.18. The average molecular weight is 687 g/mol. The van der Waals surface area contributed by atoms with E-state index < -0.39 is 0 Å². The van der Waals surface area contributed by atoms with E-state index in [1.807, 2.05) is 0 Å². The highest BCUT2D eigenvalue weighted by molar-refractivity contribution is 5.24. The molecule has 0 aliphatic heterocycles. The summed E-state index contributed by atoms with van der Waals surface area (Å²) in [5.74, 6) is 28.9. The van der Waals surface area contributed by atoms with Crippen molar-refractivity contribution in [3.05, 3.63) is 0 Å². The zero-order valence-corrected chi connectivity index (χ0v) is 34.7. The third-order valence-electron chi connectivity index (χ3n) is 10.1. The van der Waals surface area contributed by atoms with Crippen molar-refractivity contribution in [2.24, 2.45) is 5.41 Å². The van der Waals surface area contributed by atoms with E-state index in [2.05, 4.69) is 75.1 Å². The zero-order valence-electron chi connectivity index (χ0n) is 34.7. The topological polar surface area (TPSA) is 0 Å². The molecule has 0 aromatic heterocycles. The van der Waals surface area contributed by atoms with Crippen molar-refractivity contribution >= 4 is 0 Å². The van der Waals surface area contributed by atoms with Crippen LogP contribution in [-0.2, 0) is 0 Å². The molecule has 50 heavy (non-hydrogen) atoms. The van der Waals surface area contributed by atoms with Crippen molar-refractivity contribution in [1.82, 2.24) is 0 Å². The van der Waals surface area contributed by atoms with Gasteiger partial charge in [0.25, 0.3) is 0 Å². The Morgan fingerprint density at radius 3 is 0.720 bits per heavy atom. The minimum atomic E-state index is -0.215. The Hall–Kier alpha value is -1.76. The van der Waals surface area contributed by atoms with Crippen LogP contribution in [0.3, 0.4) is 0 Å². The molecule has 0 saturated heterocycles. The second-order valence-corrected chi connectivity index (χ2v) is 15.4. The molecule has 0 rings (SSSR count). The zero-order chi connectivity index (χ0) is 36.3. The van der Waals surface area contributed by atoms with Gasteiger partial charge in [-0.2, -0.15) is 0 Å². The fourth-order valence-corrected chi connectivity index (χ4v) is 6.57. The summed E-state index contributed by atoms with van der Waals surface area (Å²) in [4.78, 5) is 0. The first-order valence-electron chi connectivity index (χ1n) is 22.6. The van der Waals surface area contributed by atoms with Gasteiger partial charge in [-0.25, -0.2) is 0 Å². The molecule has 0 fully saturated rings. The van der Waals surface area contributed by atoms with Gasteiger partial charge in [-0.05, 0) is 25.7 Å². The molecule has 0 aliphatic rings. The smallest absolute Gasteiger partial charge is 0.0641 e. The lowest BCUT2D eigenvalue weighted by molar-refractivity contribution is 0.436. The monoisotopic (exact) mass is 687 g/mol. The van der Waals surface area contributed by atoms with Crippen LogP contribution < -0.4 is 0 Å². The first-order valence-corrected chi connectivity index (χ1v) is 22.6. The average Bonchev–Trinajstić information content (AvgIpc) is 3.13. The van der Waals surface area contributed by atoms with E-state index in [1.165, 1.54) is 193 Å². The Labute approximate surface area is 317 Å².